The van der Waals surface area contributed by atoms with Gasteiger partial charge in [0, 0.05) is 0 Å². The van der Waals surface area contributed by atoms with Gasteiger partial charge in [-0.1, -0.05) is 55.0 Å². The van der Waals surface area contributed by atoms with E-state index < -0.39 is 0 Å². The first-order chi connectivity index (χ1) is 14.1. The maximum Gasteiger partial charge on any atom is 0.118 e. The van der Waals surface area contributed by atoms with Crippen molar-refractivity contribution in [2.24, 2.45) is 5.92 Å². The van der Waals surface area contributed by atoms with E-state index in [0.29, 0.717) is 25.2 Å². The minimum Gasteiger partial charge on any atom is -0.497 e. The molecule has 29 heavy (non-hydrogen) atoms. The number of methoxy groups -OCH3 is 1. The van der Waals surface area contributed by atoms with Crippen LogP contribution in [-0.4, -0.2) is 25.9 Å². The van der Waals surface area contributed by atoms with Gasteiger partial charge in [0.1, 0.15) is 5.75 Å². The summed E-state index contributed by atoms with van der Waals surface area (Å²) in [5.41, 5.74) is 2.56. The molecule has 0 saturated carbocycles. The van der Waals surface area contributed by atoms with Crippen molar-refractivity contribution in [3.63, 3.8) is 0 Å². The highest BCUT2D eigenvalue weighted by molar-refractivity contribution is 5.26. The summed E-state index contributed by atoms with van der Waals surface area (Å²) in [6.07, 6.45) is 17.1. The van der Waals surface area contributed by atoms with Crippen LogP contribution in [0.4, 0.5) is 0 Å². The molecule has 0 fully saturated rings. The number of ether oxygens (including phenoxy) is 3. The Balaban J connectivity index is 1.61. The van der Waals surface area contributed by atoms with Gasteiger partial charge in [-0.3, -0.25) is 0 Å². The monoisotopic (exact) mass is 398 g/mol. The van der Waals surface area contributed by atoms with E-state index >= 15 is 0 Å². The molecular weight excluding hydrogens is 360 g/mol. The Morgan fingerprint density at radius 2 is 2.00 bits per heavy atom. The molecule has 0 aromatic heterocycles. The lowest BCUT2D eigenvalue weighted by Crippen LogP contribution is -2.25. The van der Waals surface area contributed by atoms with Crippen molar-refractivity contribution in [3.05, 3.63) is 65.8 Å². The van der Waals surface area contributed by atoms with Crippen molar-refractivity contribution >= 4 is 0 Å². The van der Waals surface area contributed by atoms with Crippen LogP contribution < -0.4 is 4.74 Å². The SMILES string of the molecule is COc1ccc(COC/C=C\C[C@@H]2C=CC[C@@H](C[C@@H](C)CCC=C(C)C)O2)cc1. The highest BCUT2D eigenvalue weighted by Crippen LogP contribution is 2.23. The van der Waals surface area contributed by atoms with E-state index in [1.54, 1.807) is 7.11 Å². The zero-order valence-electron chi connectivity index (χ0n) is 18.6. The Morgan fingerprint density at radius 1 is 1.21 bits per heavy atom. The highest BCUT2D eigenvalue weighted by atomic mass is 16.5. The largest absolute Gasteiger partial charge is 0.497 e. The molecule has 0 bridgehead atoms. The Hall–Kier alpha value is -1.84. The van der Waals surface area contributed by atoms with E-state index in [1.165, 1.54) is 18.4 Å². The highest BCUT2D eigenvalue weighted by Gasteiger charge is 2.19. The van der Waals surface area contributed by atoms with Gasteiger partial charge >= 0.3 is 0 Å². The molecule has 3 heteroatoms. The molecule has 1 aliphatic heterocycles. The molecule has 160 valence electrons. The van der Waals surface area contributed by atoms with E-state index in [-0.39, 0.29) is 6.10 Å². The molecule has 3 nitrogen and oxygen atoms in total. The van der Waals surface area contributed by atoms with Crippen LogP contribution in [0.15, 0.2) is 60.2 Å². The number of benzene rings is 1. The van der Waals surface area contributed by atoms with Crippen LogP contribution in [0, 0.1) is 5.92 Å². The Kier molecular flexibility index (Phi) is 10.8. The zero-order valence-corrected chi connectivity index (χ0v) is 18.6. The Morgan fingerprint density at radius 3 is 2.72 bits per heavy atom. The van der Waals surface area contributed by atoms with Gasteiger partial charge in [-0.05, 0) is 69.6 Å². The van der Waals surface area contributed by atoms with Crippen molar-refractivity contribution in [2.75, 3.05) is 13.7 Å². The lowest BCUT2D eigenvalue weighted by molar-refractivity contribution is -0.00480. The molecule has 1 aromatic carbocycles. The van der Waals surface area contributed by atoms with E-state index in [0.717, 1.165) is 30.6 Å². The topological polar surface area (TPSA) is 27.7 Å². The van der Waals surface area contributed by atoms with Crippen LogP contribution in [0.1, 0.15) is 58.4 Å². The summed E-state index contributed by atoms with van der Waals surface area (Å²) in [5, 5.41) is 0. The Labute approximate surface area is 177 Å². The van der Waals surface area contributed by atoms with Gasteiger partial charge in [0.05, 0.1) is 32.5 Å². The third-order valence-corrected chi connectivity index (χ3v) is 5.17. The van der Waals surface area contributed by atoms with Gasteiger partial charge in [-0.2, -0.15) is 0 Å². The van der Waals surface area contributed by atoms with Crippen molar-refractivity contribution in [2.45, 2.75) is 71.7 Å². The van der Waals surface area contributed by atoms with E-state index in [2.05, 4.69) is 51.2 Å². The summed E-state index contributed by atoms with van der Waals surface area (Å²) in [6, 6.07) is 7.98. The molecule has 0 saturated heterocycles. The minimum absolute atomic E-state index is 0.191. The molecule has 3 atom stereocenters. The van der Waals surface area contributed by atoms with Gasteiger partial charge in [-0.15, -0.1) is 0 Å². The Bertz CT molecular complexity index is 653. The smallest absolute Gasteiger partial charge is 0.118 e. The molecule has 0 radical (unpaired) electrons. The summed E-state index contributed by atoms with van der Waals surface area (Å²) in [5.74, 6) is 1.57. The standard InChI is InChI=1S/C26H38O3/c1-21(2)9-7-10-22(3)19-26-13-8-12-25(29-26)11-5-6-18-28-20-23-14-16-24(27-4)17-15-23/h5-6,8-9,12,14-17,22,25-26H,7,10-11,13,18-20H2,1-4H3/b6-5-/t22-,25+,26-/m0/s1. The van der Waals surface area contributed by atoms with Crippen LogP contribution in [0.5, 0.6) is 5.75 Å². The second-order valence-electron chi connectivity index (χ2n) is 8.23. The number of hydrogen-bond acceptors (Lipinski definition) is 3. The predicted octanol–water partition coefficient (Wildman–Crippen LogP) is 6.64. The third kappa shape index (κ3) is 9.96. The van der Waals surface area contributed by atoms with Gasteiger partial charge < -0.3 is 14.2 Å². The molecular formula is C26H38O3. The molecule has 1 heterocycles. The summed E-state index contributed by atoms with van der Waals surface area (Å²) in [4.78, 5) is 0. The number of hydrogen-bond donors (Lipinski definition) is 0. The van der Waals surface area contributed by atoms with Crippen molar-refractivity contribution in [1.29, 1.82) is 0 Å². The van der Waals surface area contributed by atoms with E-state index in [4.69, 9.17) is 14.2 Å². The first kappa shape index (κ1) is 23.4. The average Bonchev–Trinajstić information content (AvgIpc) is 2.71. The van der Waals surface area contributed by atoms with Crippen molar-refractivity contribution < 1.29 is 14.2 Å². The molecule has 0 unspecified atom stereocenters. The normalized spacial score (nSPS) is 20.0. The quantitative estimate of drug-likeness (QED) is 0.292. The summed E-state index contributed by atoms with van der Waals surface area (Å²) in [6.45, 7) is 7.91. The molecule has 2 rings (SSSR count). The fourth-order valence-electron chi connectivity index (χ4n) is 3.50. The van der Waals surface area contributed by atoms with Gasteiger partial charge in [-0.25, -0.2) is 0 Å². The molecule has 0 aliphatic carbocycles. The summed E-state index contributed by atoms with van der Waals surface area (Å²) < 4.78 is 17.2. The molecule has 1 aliphatic rings. The van der Waals surface area contributed by atoms with Crippen molar-refractivity contribution in [3.8, 4) is 5.75 Å². The van der Waals surface area contributed by atoms with Crippen LogP contribution in [0.2, 0.25) is 0 Å². The average molecular weight is 399 g/mol. The summed E-state index contributed by atoms with van der Waals surface area (Å²) in [7, 11) is 1.68. The minimum atomic E-state index is 0.191. The van der Waals surface area contributed by atoms with Gasteiger partial charge in [0.25, 0.3) is 0 Å². The van der Waals surface area contributed by atoms with Crippen LogP contribution in [0.25, 0.3) is 0 Å². The predicted molar refractivity (Wildman–Crippen MR) is 121 cm³/mol. The lowest BCUT2D eigenvalue weighted by Gasteiger charge is -2.27. The molecule has 0 spiro atoms. The molecule has 1 aromatic rings. The van der Waals surface area contributed by atoms with E-state index in [1.807, 2.05) is 24.3 Å². The van der Waals surface area contributed by atoms with Crippen LogP contribution >= 0.6 is 0 Å². The number of rotatable bonds is 12. The first-order valence-corrected chi connectivity index (χ1v) is 10.9. The maximum atomic E-state index is 6.28. The second-order valence-corrected chi connectivity index (χ2v) is 8.23. The van der Waals surface area contributed by atoms with Gasteiger partial charge in [0.15, 0.2) is 0 Å². The maximum absolute atomic E-state index is 6.28. The van der Waals surface area contributed by atoms with Crippen molar-refractivity contribution in [1.82, 2.24) is 0 Å². The molecule has 0 amide bonds. The lowest BCUT2D eigenvalue weighted by atomic mass is 9.95. The second kappa shape index (κ2) is 13.4. The first-order valence-electron chi connectivity index (χ1n) is 10.9. The van der Waals surface area contributed by atoms with Crippen LogP contribution in [-0.2, 0) is 16.1 Å². The van der Waals surface area contributed by atoms with Crippen LogP contribution in [0.3, 0.4) is 0 Å². The fraction of sp³-hybridized carbons (Fsp3) is 0.538. The third-order valence-electron chi connectivity index (χ3n) is 5.17. The molecule has 0 N–H and O–H groups in total. The van der Waals surface area contributed by atoms with E-state index in [9.17, 15) is 0 Å². The zero-order chi connectivity index (χ0) is 20.9. The fourth-order valence-corrected chi connectivity index (χ4v) is 3.50. The number of allylic oxidation sites excluding steroid dienone is 2. The summed E-state index contributed by atoms with van der Waals surface area (Å²) >= 11 is 0. The van der Waals surface area contributed by atoms with Gasteiger partial charge in [0.2, 0.25) is 0 Å².